The molecule has 0 saturated heterocycles. The van der Waals surface area contributed by atoms with Gasteiger partial charge in [-0.15, -0.1) is 0 Å². The Morgan fingerprint density at radius 2 is 1.83 bits per heavy atom. The van der Waals surface area contributed by atoms with E-state index in [1.807, 2.05) is 31.1 Å². The summed E-state index contributed by atoms with van der Waals surface area (Å²) < 4.78 is 22.7. The fourth-order valence-corrected chi connectivity index (χ4v) is 2.49. The Balaban J connectivity index is 2.98. The second-order valence-corrected chi connectivity index (χ2v) is 6.53. The Labute approximate surface area is 109 Å². The van der Waals surface area contributed by atoms with Crippen LogP contribution >= 0.6 is 0 Å². The van der Waals surface area contributed by atoms with Crippen LogP contribution in [0.5, 0.6) is 0 Å². The highest BCUT2D eigenvalue weighted by molar-refractivity contribution is 7.90. The predicted molar refractivity (Wildman–Crippen MR) is 70.8 cm³/mol. The number of nitrogens with zero attached hydrogens (tertiary/aromatic N) is 2. The van der Waals surface area contributed by atoms with Crippen molar-refractivity contribution < 1.29 is 8.42 Å². The summed E-state index contributed by atoms with van der Waals surface area (Å²) >= 11 is 0. The van der Waals surface area contributed by atoms with Crippen LogP contribution in [0.3, 0.4) is 0 Å². The molecule has 5 heteroatoms. The van der Waals surface area contributed by atoms with E-state index in [0.717, 1.165) is 12.0 Å². The van der Waals surface area contributed by atoms with E-state index in [1.54, 1.807) is 12.1 Å². The number of nitriles is 1. The molecular formula is C13H18N2O2S. The molecule has 4 nitrogen and oxygen atoms in total. The minimum atomic E-state index is -3.15. The van der Waals surface area contributed by atoms with E-state index in [0.29, 0.717) is 11.3 Å². The highest BCUT2D eigenvalue weighted by atomic mass is 32.2. The average molecular weight is 266 g/mol. The van der Waals surface area contributed by atoms with Crippen molar-refractivity contribution in [2.24, 2.45) is 0 Å². The van der Waals surface area contributed by atoms with Crippen LogP contribution in [-0.2, 0) is 9.84 Å². The molecule has 0 saturated carbocycles. The maximum absolute atomic E-state index is 11.4. The fraction of sp³-hybridized carbons (Fsp3) is 0.462. The van der Waals surface area contributed by atoms with Crippen molar-refractivity contribution in [2.75, 3.05) is 20.4 Å². The Morgan fingerprint density at radius 1 is 1.28 bits per heavy atom. The van der Waals surface area contributed by atoms with Crippen molar-refractivity contribution >= 4 is 9.84 Å². The molecule has 0 radical (unpaired) electrons. The standard InChI is InChI=1S/C13H18N2O2S/c1-15(2)13(5-4-10-14)11-6-8-12(9-7-11)18(3,16)17/h6-9,13H,4-5H2,1-3H3. The Bertz CT molecular complexity index is 527. The van der Waals surface area contributed by atoms with Crippen molar-refractivity contribution in [3.8, 4) is 6.07 Å². The van der Waals surface area contributed by atoms with Crippen molar-refractivity contribution in [3.05, 3.63) is 29.8 Å². The number of hydrogen-bond donors (Lipinski definition) is 0. The fourth-order valence-electron chi connectivity index (χ4n) is 1.86. The third-order valence-electron chi connectivity index (χ3n) is 2.85. The SMILES string of the molecule is CN(C)C(CCC#N)c1ccc(S(C)(=O)=O)cc1. The molecule has 0 aliphatic heterocycles. The van der Waals surface area contributed by atoms with Gasteiger partial charge in [-0.25, -0.2) is 8.42 Å². The minimum absolute atomic E-state index is 0.137. The molecule has 1 aromatic rings. The van der Waals surface area contributed by atoms with E-state index in [2.05, 4.69) is 6.07 Å². The first kappa shape index (κ1) is 14.7. The number of rotatable bonds is 5. The lowest BCUT2D eigenvalue weighted by molar-refractivity contribution is 0.286. The molecule has 0 aliphatic carbocycles. The van der Waals surface area contributed by atoms with Gasteiger partial charge in [0.15, 0.2) is 9.84 Å². The minimum Gasteiger partial charge on any atom is -0.302 e. The van der Waals surface area contributed by atoms with Crippen molar-refractivity contribution in [3.63, 3.8) is 0 Å². The first-order valence-corrected chi connectivity index (χ1v) is 7.59. The van der Waals surface area contributed by atoms with Gasteiger partial charge in [0.05, 0.1) is 11.0 Å². The summed E-state index contributed by atoms with van der Waals surface area (Å²) in [5, 5.41) is 8.65. The van der Waals surface area contributed by atoms with Crippen molar-refractivity contribution in [1.29, 1.82) is 5.26 Å². The van der Waals surface area contributed by atoms with Gasteiger partial charge in [0.1, 0.15) is 0 Å². The summed E-state index contributed by atoms with van der Waals surface area (Å²) in [5.41, 5.74) is 1.03. The van der Waals surface area contributed by atoms with E-state index in [-0.39, 0.29) is 6.04 Å². The zero-order valence-corrected chi connectivity index (χ0v) is 11.7. The molecule has 0 aromatic heterocycles. The smallest absolute Gasteiger partial charge is 0.175 e. The van der Waals surface area contributed by atoms with Gasteiger partial charge in [-0.1, -0.05) is 12.1 Å². The zero-order valence-electron chi connectivity index (χ0n) is 10.9. The normalized spacial score (nSPS) is 13.3. The van der Waals surface area contributed by atoms with Gasteiger partial charge in [-0.3, -0.25) is 0 Å². The highest BCUT2D eigenvalue weighted by Gasteiger charge is 2.14. The van der Waals surface area contributed by atoms with E-state index in [9.17, 15) is 8.42 Å². The molecule has 0 aliphatic rings. The molecule has 0 amide bonds. The third-order valence-corrected chi connectivity index (χ3v) is 3.97. The molecule has 0 bridgehead atoms. The second-order valence-electron chi connectivity index (χ2n) is 4.52. The largest absolute Gasteiger partial charge is 0.302 e. The van der Waals surface area contributed by atoms with Crippen LogP contribution in [-0.4, -0.2) is 33.7 Å². The van der Waals surface area contributed by atoms with Crippen LogP contribution < -0.4 is 0 Å². The summed E-state index contributed by atoms with van der Waals surface area (Å²) in [4.78, 5) is 2.36. The third kappa shape index (κ3) is 3.83. The molecule has 0 heterocycles. The summed E-state index contributed by atoms with van der Waals surface area (Å²) in [6.45, 7) is 0. The summed E-state index contributed by atoms with van der Waals surface area (Å²) in [5.74, 6) is 0. The van der Waals surface area contributed by atoms with Crippen LogP contribution in [0.2, 0.25) is 0 Å². The lowest BCUT2D eigenvalue weighted by Crippen LogP contribution is -2.19. The number of benzene rings is 1. The molecule has 1 rings (SSSR count). The molecule has 0 N–H and O–H groups in total. The number of sulfone groups is 1. The lowest BCUT2D eigenvalue weighted by Gasteiger charge is -2.24. The molecule has 0 fully saturated rings. The van der Waals surface area contributed by atoms with E-state index in [1.165, 1.54) is 6.26 Å². The van der Waals surface area contributed by atoms with Gasteiger partial charge in [0.2, 0.25) is 0 Å². The van der Waals surface area contributed by atoms with Crippen molar-refractivity contribution in [2.45, 2.75) is 23.8 Å². The maximum Gasteiger partial charge on any atom is 0.175 e. The van der Waals surface area contributed by atoms with Crippen LogP contribution in [0, 0.1) is 11.3 Å². The predicted octanol–water partition coefficient (Wildman–Crippen LogP) is 2.00. The Hall–Kier alpha value is -1.38. The summed E-state index contributed by atoms with van der Waals surface area (Å²) in [7, 11) is 0.753. The van der Waals surface area contributed by atoms with E-state index < -0.39 is 9.84 Å². The first-order chi connectivity index (χ1) is 8.36. The van der Waals surface area contributed by atoms with Gasteiger partial charge < -0.3 is 4.90 Å². The average Bonchev–Trinajstić information content (AvgIpc) is 2.28. The van der Waals surface area contributed by atoms with Gasteiger partial charge in [-0.05, 0) is 38.2 Å². The zero-order chi connectivity index (χ0) is 13.8. The van der Waals surface area contributed by atoms with Gasteiger partial charge in [0.25, 0.3) is 0 Å². The summed E-state index contributed by atoms with van der Waals surface area (Å²) in [6.07, 6.45) is 2.42. The van der Waals surface area contributed by atoms with Crippen molar-refractivity contribution in [1.82, 2.24) is 4.90 Å². The molecule has 1 aromatic carbocycles. The van der Waals surface area contributed by atoms with Gasteiger partial charge >= 0.3 is 0 Å². The van der Waals surface area contributed by atoms with Crippen LogP contribution in [0.4, 0.5) is 0 Å². The number of hydrogen-bond acceptors (Lipinski definition) is 4. The van der Waals surface area contributed by atoms with Crippen LogP contribution in [0.15, 0.2) is 29.2 Å². The second kappa shape index (κ2) is 5.98. The molecule has 18 heavy (non-hydrogen) atoms. The topological polar surface area (TPSA) is 61.2 Å². The Kier molecular flexibility index (Phi) is 4.88. The molecule has 98 valence electrons. The highest BCUT2D eigenvalue weighted by Crippen LogP contribution is 2.24. The Morgan fingerprint density at radius 3 is 2.22 bits per heavy atom. The summed E-state index contributed by atoms with van der Waals surface area (Å²) in [6, 6.07) is 9.15. The monoisotopic (exact) mass is 266 g/mol. The molecule has 1 unspecified atom stereocenters. The van der Waals surface area contributed by atoms with Gasteiger partial charge in [-0.2, -0.15) is 5.26 Å². The molecular weight excluding hydrogens is 248 g/mol. The van der Waals surface area contributed by atoms with Gasteiger partial charge in [0, 0.05) is 18.7 Å². The van der Waals surface area contributed by atoms with E-state index in [4.69, 9.17) is 5.26 Å². The quantitative estimate of drug-likeness (QED) is 0.817. The molecule has 1 atom stereocenters. The maximum atomic E-state index is 11.4. The van der Waals surface area contributed by atoms with E-state index >= 15 is 0 Å². The van der Waals surface area contributed by atoms with Crippen LogP contribution in [0.1, 0.15) is 24.4 Å². The first-order valence-electron chi connectivity index (χ1n) is 5.69. The van der Waals surface area contributed by atoms with Crippen LogP contribution in [0.25, 0.3) is 0 Å². The lowest BCUT2D eigenvalue weighted by atomic mass is 10.0. The molecule has 0 spiro atoms.